The van der Waals surface area contributed by atoms with Crippen LogP contribution in [0.2, 0.25) is 0 Å². The molecule has 0 unspecified atom stereocenters. The lowest BCUT2D eigenvalue weighted by molar-refractivity contribution is -0.138. The summed E-state index contributed by atoms with van der Waals surface area (Å²) in [4.78, 5) is 21.7. The summed E-state index contributed by atoms with van der Waals surface area (Å²) < 4.78 is 4.83. The SMILES string of the molecule is C[C@H](NC(=O)OCc1cccc(N)c1)C(=O)O.Cl. The van der Waals surface area contributed by atoms with Crippen molar-refractivity contribution in [1.82, 2.24) is 5.32 Å². The van der Waals surface area contributed by atoms with Gasteiger partial charge in [-0.15, -0.1) is 12.4 Å². The highest BCUT2D eigenvalue weighted by atomic mass is 35.5. The third kappa shape index (κ3) is 5.40. The van der Waals surface area contributed by atoms with Crippen molar-refractivity contribution in [2.75, 3.05) is 5.73 Å². The molecule has 0 aliphatic carbocycles. The average Bonchev–Trinajstić information content (AvgIpc) is 2.26. The van der Waals surface area contributed by atoms with E-state index >= 15 is 0 Å². The fourth-order valence-corrected chi connectivity index (χ4v) is 1.11. The van der Waals surface area contributed by atoms with Crippen molar-refractivity contribution in [2.45, 2.75) is 19.6 Å². The van der Waals surface area contributed by atoms with E-state index in [-0.39, 0.29) is 19.0 Å². The molecule has 0 aliphatic rings. The minimum absolute atomic E-state index is 0. The number of benzene rings is 1. The summed E-state index contributed by atoms with van der Waals surface area (Å²) in [5.74, 6) is -1.12. The number of carbonyl (C=O) groups is 2. The number of rotatable bonds is 4. The van der Waals surface area contributed by atoms with Crippen LogP contribution in [0.5, 0.6) is 0 Å². The molecule has 0 bridgehead atoms. The van der Waals surface area contributed by atoms with Gasteiger partial charge in [0.15, 0.2) is 0 Å². The lowest BCUT2D eigenvalue weighted by Gasteiger charge is -2.10. The smallest absolute Gasteiger partial charge is 0.408 e. The van der Waals surface area contributed by atoms with E-state index in [4.69, 9.17) is 15.6 Å². The second-order valence-electron chi connectivity index (χ2n) is 3.53. The highest BCUT2D eigenvalue weighted by molar-refractivity contribution is 5.85. The molecule has 18 heavy (non-hydrogen) atoms. The van der Waals surface area contributed by atoms with E-state index in [1.165, 1.54) is 6.92 Å². The molecule has 4 N–H and O–H groups in total. The first-order valence-corrected chi connectivity index (χ1v) is 4.99. The molecule has 1 aromatic carbocycles. The summed E-state index contributed by atoms with van der Waals surface area (Å²) in [6, 6.07) is 5.91. The summed E-state index contributed by atoms with van der Waals surface area (Å²) in [5, 5.41) is 10.7. The summed E-state index contributed by atoms with van der Waals surface area (Å²) in [6.45, 7) is 1.40. The zero-order valence-electron chi connectivity index (χ0n) is 9.75. The van der Waals surface area contributed by atoms with Crippen molar-refractivity contribution in [1.29, 1.82) is 0 Å². The van der Waals surface area contributed by atoms with Crippen molar-refractivity contribution >= 4 is 30.2 Å². The molecule has 1 aromatic rings. The molecule has 0 aliphatic heterocycles. The van der Waals surface area contributed by atoms with Crippen molar-refractivity contribution in [2.24, 2.45) is 0 Å². The second kappa shape index (κ2) is 7.39. The van der Waals surface area contributed by atoms with Crippen molar-refractivity contribution in [3.8, 4) is 0 Å². The number of halogens is 1. The van der Waals surface area contributed by atoms with Gasteiger partial charge in [-0.05, 0) is 24.6 Å². The molecule has 0 fully saturated rings. The first-order chi connectivity index (χ1) is 7.99. The summed E-state index contributed by atoms with van der Waals surface area (Å²) in [7, 11) is 0. The van der Waals surface area contributed by atoms with E-state index in [2.05, 4.69) is 5.32 Å². The number of carboxylic acid groups (broad SMARTS) is 1. The monoisotopic (exact) mass is 274 g/mol. The molecule has 0 aromatic heterocycles. The predicted molar refractivity (Wildman–Crippen MR) is 68.5 cm³/mol. The normalized spacial score (nSPS) is 10.9. The molecule has 0 spiro atoms. The Bertz CT molecular complexity index is 425. The van der Waals surface area contributed by atoms with E-state index in [1.807, 2.05) is 0 Å². The van der Waals surface area contributed by atoms with Crippen molar-refractivity contribution < 1.29 is 19.4 Å². The van der Waals surface area contributed by atoms with Gasteiger partial charge in [0.25, 0.3) is 0 Å². The van der Waals surface area contributed by atoms with Crippen LogP contribution in [0, 0.1) is 0 Å². The Morgan fingerprint density at radius 1 is 1.50 bits per heavy atom. The first-order valence-electron chi connectivity index (χ1n) is 4.99. The molecule has 1 atom stereocenters. The Balaban J connectivity index is 0.00000289. The van der Waals surface area contributed by atoms with Gasteiger partial charge >= 0.3 is 12.1 Å². The molecule has 0 saturated heterocycles. The molecule has 7 heteroatoms. The quantitative estimate of drug-likeness (QED) is 0.720. The van der Waals surface area contributed by atoms with E-state index in [9.17, 15) is 9.59 Å². The van der Waals surface area contributed by atoms with Crippen LogP contribution in [0.15, 0.2) is 24.3 Å². The Labute approximate surface area is 111 Å². The van der Waals surface area contributed by atoms with Crippen LogP contribution in [-0.2, 0) is 16.1 Å². The van der Waals surface area contributed by atoms with Crippen molar-refractivity contribution in [3.05, 3.63) is 29.8 Å². The maximum absolute atomic E-state index is 11.2. The molecule has 1 rings (SSSR count). The number of amides is 1. The van der Waals surface area contributed by atoms with Crippen LogP contribution < -0.4 is 11.1 Å². The van der Waals surface area contributed by atoms with Crippen LogP contribution in [0.3, 0.4) is 0 Å². The Morgan fingerprint density at radius 3 is 2.72 bits per heavy atom. The highest BCUT2D eigenvalue weighted by Crippen LogP contribution is 2.07. The number of carboxylic acids is 1. The number of hydrogen-bond acceptors (Lipinski definition) is 4. The fraction of sp³-hybridized carbons (Fsp3) is 0.273. The number of hydrogen-bond donors (Lipinski definition) is 3. The zero-order valence-corrected chi connectivity index (χ0v) is 10.6. The van der Waals surface area contributed by atoms with Gasteiger partial charge in [0, 0.05) is 5.69 Å². The second-order valence-corrected chi connectivity index (χ2v) is 3.53. The number of nitrogen functional groups attached to an aromatic ring is 1. The molecule has 0 heterocycles. The topological polar surface area (TPSA) is 102 Å². The van der Waals surface area contributed by atoms with Gasteiger partial charge in [0.1, 0.15) is 12.6 Å². The predicted octanol–water partition coefficient (Wildman–Crippen LogP) is 1.39. The maximum atomic E-state index is 11.2. The van der Waals surface area contributed by atoms with Gasteiger partial charge in [-0.25, -0.2) is 4.79 Å². The van der Waals surface area contributed by atoms with Gasteiger partial charge in [0.2, 0.25) is 0 Å². The van der Waals surface area contributed by atoms with E-state index in [1.54, 1.807) is 24.3 Å². The van der Waals surface area contributed by atoms with E-state index < -0.39 is 18.1 Å². The van der Waals surface area contributed by atoms with Gasteiger partial charge in [0.05, 0.1) is 0 Å². The standard InChI is InChI=1S/C11H14N2O4.ClH/c1-7(10(14)15)13-11(16)17-6-8-3-2-4-9(12)5-8;/h2-5,7H,6,12H2,1H3,(H,13,16)(H,14,15);1H/t7-;/m0./s1. The Hall–Kier alpha value is -1.95. The van der Waals surface area contributed by atoms with Crippen LogP contribution in [0.4, 0.5) is 10.5 Å². The van der Waals surface area contributed by atoms with Gasteiger partial charge in [-0.3, -0.25) is 4.79 Å². The van der Waals surface area contributed by atoms with Crippen LogP contribution in [-0.4, -0.2) is 23.2 Å². The Kier molecular flexibility index (Phi) is 6.59. The molecule has 0 saturated carbocycles. The molecule has 6 nitrogen and oxygen atoms in total. The number of carbonyl (C=O) groups excluding carboxylic acids is 1. The van der Waals surface area contributed by atoms with E-state index in [0.29, 0.717) is 5.69 Å². The van der Waals surface area contributed by atoms with Crippen LogP contribution >= 0.6 is 12.4 Å². The fourth-order valence-electron chi connectivity index (χ4n) is 1.11. The molecule has 0 radical (unpaired) electrons. The molecule has 1 amide bonds. The molecular formula is C11H15ClN2O4. The lowest BCUT2D eigenvalue weighted by atomic mass is 10.2. The first kappa shape index (κ1) is 16.1. The molecule has 100 valence electrons. The number of nitrogens with one attached hydrogen (secondary N) is 1. The van der Waals surface area contributed by atoms with Gasteiger partial charge < -0.3 is 20.9 Å². The summed E-state index contributed by atoms with van der Waals surface area (Å²) in [6.07, 6.45) is -0.776. The third-order valence-electron chi connectivity index (χ3n) is 2.03. The van der Waals surface area contributed by atoms with Gasteiger partial charge in [-0.1, -0.05) is 12.1 Å². The van der Waals surface area contributed by atoms with Crippen LogP contribution in [0.25, 0.3) is 0 Å². The highest BCUT2D eigenvalue weighted by Gasteiger charge is 2.14. The number of aliphatic carboxylic acids is 1. The lowest BCUT2D eigenvalue weighted by Crippen LogP contribution is -2.38. The summed E-state index contributed by atoms with van der Waals surface area (Å²) in [5.41, 5.74) is 6.87. The summed E-state index contributed by atoms with van der Waals surface area (Å²) >= 11 is 0. The average molecular weight is 275 g/mol. The number of anilines is 1. The third-order valence-corrected chi connectivity index (χ3v) is 2.03. The van der Waals surface area contributed by atoms with E-state index in [0.717, 1.165) is 5.56 Å². The zero-order chi connectivity index (χ0) is 12.8. The van der Waals surface area contributed by atoms with Crippen molar-refractivity contribution in [3.63, 3.8) is 0 Å². The number of nitrogens with two attached hydrogens (primary N) is 1. The largest absolute Gasteiger partial charge is 0.480 e. The Morgan fingerprint density at radius 2 is 2.17 bits per heavy atom. The maximum Gasteiger partial charge on any atom is 0.408 e. The minimum atomic E-state index is -1.12. The van der Waals surface area contributed by atoms with Gasteiger partial charge in [-0.2, -0.15) is 0 Å². The van der Waals surface area contributed by atoms with Crippen LogP contribution in [0.1, 0.15) is 12.5 Å². The minimum Gasteiger partial charge on any atom is -0.480 e. The molecular weight excluding hydrogens is 260 g/mol. The number of alkyl carbamates (subject to hydrolysis) is 1. The number of ether oxygens (including phenoxy) is 1.